The Morgan fingerprint density at radius 2 is 2.12 bits per heavy atom. The molecule has 0 aromatic heterocycles. The number of halogens is 2. The third-order valence-corrected chi connectivity index (χ3v) is 3.26. The van der Waals surface area contributed by atoms with Crippen LogP contribution in [-0.4, -0.2) is 19.6 Å². The molecule has 0 amide bonds. The first kappa shape index (κ1) is 9.87. The van der Waals surface area contributed by atoms with Crippen LogP contribution in [-0.2, 0) is 0 Å². The van der Waals surface area contributed by atoms with Gasteiger partial charge in [-0.2, -0.15) is 0 Å². The lowest BCUT2D eigenvalue weighted by atomic mass is 10.1. The van der Waals surface area contributed by atoms with Crippen LogP contribution in [0.25, 0.3) is 0 Å². The van der Waals surface area contributed by atoms with E-state index in [4.69, 9.17) is 0 Å². The minimum atomic E-state index is -0.761. The summed E-state index contributed by atoms with van der Waals surface area (Å²) < 4.78 is 27.0. The Kier molecular flexibility index (Phi) is 2.23. The predicted octanol–water partition coefficient (Wildman–Crippen LogP) is 2.61. The minimum absolute atomic E-state index is 0.415. The van der Waals surface area contributed by atoms with Crippen molar-refractivity contribution >= 4 is 11.4 Å². The zero-order valence-electron chi connectivity index (χ0n) is 8.97. The molecule has 1 N–H and O–H groups in total. The maximum atomic E-state index is 13.7. The number of anilines is 2. The van der Waals surface area contributed by atoms with Gasteiger partial charge in [0.05, 0.1) is 11.4 Å². The summed E-state index contributed by atoms with van der Waals surface area (Å²) in [5, 5.41) is 3.11. The van der Waals surface area contributed by atoms with Crippen LogP contribution in [0.2, 0.25) is 0 Å². The molecule has 2 nitrogen and oxygen atoms in total. The van der Waals surface area contributed by atoms with Crippen LogP contribution in [0.1, 0.15) is 12.8 Å². The Morgan fingerprint density at radius 1 is 1.31 bits per heavy atom. The number of fused-ring (bicyclic) bond motifs is 1. The lowest BCUT2D eigenvalue weighted by molar-refractivity contribution is 0.504. The number of rotatable bonds is 2. The fourth-order valence-electron chi connectivity index (χ4n) is 2.22. The Hall–Kier alpha value is -1.32. The van der Waals surface area contributed by atoms with E-state index >= 15 is 0 Å². The van der Waals surface area contributed by atoms with Gasteiger partial charge in [-0.05, 0) is 30.9 Å². The first-order valence-electron chi connectivity index (χ1n) is 5.72. The molecule has 1 heterocycles. The standard InChI is InChI=1S/C12H14F2N2/c13-9-3-4-10-12(11(9)14)16(6-5-15-10)7-8-1-2-8/h3-4,8,15H,1-2,5-7H2. The maximum Gasteiger partial charge on any atom is 0.184 e. The zero-order valence-corrected chi connectivity index (χ0v) is 8.97. The number of benzene rings is 1. The van der Waals surface area contributed by atoms with Crippen molar-refractivity contribution in [2.24, 2.45) is 5.92 Å². The monoisotopic (exact) mass is 224 g/mol. The van der Waals surface area contributed by atoms with Crippen LogP contribution in [0.15, 0.2) is 12.1 Å². The summed E-state index contributed by atoms with van der Waals surface area (Å²) in [6.07, 6.45) is 2.44. The summed E-state index contributed by atoms with van der Waals surface area (Å²) in [6.45, 7) is 2.41. The van der Waals surface area contributed by atoms with Gasteiger partial charge in [-0.3, -0.25) is 0 Å². The van der Waals surface area contributed by atoms with E-state index < -0.39 is 11.6 Å². The Balaban J connectivity index is 1.97. The van der Waals surface area contributed by atoms with E-state index in [0.29, 0.717) is 17.3 Å². The van der Waals surface area contributed by atoms with Crippen LogP contribution in [0, 0.1) is 17.6 Å². The lowest BCUT2D eigenvalue weighted by Gasteiger charge is -2.32. The molecule has 0 unspecified atom stereocenters. The summed E-state index contributed by atoms with van der Waals surface area (Å²) >= 11 is 0. The molecule has 2 aliphatic rings. The van der Waals surface area contributed by atoms with Crippen LogP contribution >= 0.6 is 0 Å². The first-order valence-corrected chi connectivity index (χ1v) is 5.72. The molecular weight excluding hydrogens is 210 g/mol. The highest BCUT2D eigenvalue weighted by Gasteiger charge is 2.29. The van der Waals surface area contributed by atoms with E-state index in [0.717, 1.165) is 19.6 Å². The summed E-state index contributed by atoms with van der Waals surface area (Å²) in [4.78, 5) is 1.97. The van der Waals surface area contributed by atoms with Crippen LogP contribution < -0.4 is 10.2 Å². The number of nitrogens with one attached hydrogen (secondary N) is 1. The van der Waals surface area contributed by atoms with Crippen LogP contribution in [0.5, 0.6) is 0 Å². The van der Waals surface area contributed by atoms with Gasteiger partial charge in [0.25, 0.3) is 0 Å². The second-order valence-corrected chi connectivity index (χ2v) is 4.57. The molecule has 0 spiro atoms. The molecule has 16 heavy (non-hydrogen) atoms. The summed E-state index contributed by atoms with van der Waals surface area (Å²) in [7, 11) is 0. The van der Waals surface area contributed by atoms with Gasteiger partial charge in [0.2, 0.25) is 0 Å². The van der Waals surface area contributed by atoms with Gasteiger partial charge in [-0.25, -0.2) is 8.78 Å². The molecule has 1 aliphatic carbocycles. The lowest BCUT2D eigenvalue weighted by Crippen LogP contribution is -2.36. The van der Waals surface area contributed by atoms with Crippen molar-refractivity contribution in [2.75, 3.05) is 29.9 Å². The average molecular weight is 224 g/mol. The topological polar surface area (TPSA) is 15.3 Å². The van der Waals surface area contributed by atoms with Gasteiger partial charge in [-0.1, -0.05) is 0 Å². The molecule has 1 saturated carbocycles. The van der Waals surface area contributed by atoms with Crippen LogP contribution in [0.3, 0.4) is 0 Å². The Labute approximate surface area is 93.3 Å². The summed E-state index contributed by atoms with van der Waals surface area (Å²) in [5.74, 6) is -0.804. The van der Waals surface area contributed by atoms with E-state index in [1.807, 2.05) is 4.90 Å². The van der Waals surface area contributed by atoms with E-state index in [1.54, 1.807) is 6.07 Å². The molecule has 4 heteroatoms. The van der Waals surface area contributed by atoms with E-state index in [2.05, 4.69) is 5.32 Å². The second kappa shape index (κ2) is 3.61. The van der Waals surface area contributed by atoms with Crippen molar-refractivity contribution in [3.63, 3.8) is 0 Å². The predicted molar refractivity (Wildman–Crippen MR) is 59.8 cm³/mol. The van der Waals surface area contributed by atoms with E-state index in [-0.39, 0.29) is 0 Å². The van der Waals surface area contributed by atoms with Crippen LogP contribution in [0.4, 0.5) is 20.2 Å². The molecule has 0 bridgehead atoms. The van der Waals surface area contributed by atoms with Gasteiger partial charge in [-0.15, -0.1) is 0 Å². The number of nitrogens with zero attached hydrogens (tertiary/aromatic N) is 1. The quantitative estimate of drug-likeness (QED) is 0.830. The highest BCUT2D eigenvalue weighted by molar-refractivity contribution is 5.72. The summed E-state index contributed by atoms with van der Waals surface area (Å²) in [6, 6.07) is 2.80. The third-order valence-electron chi connectivity index (χ3n) is 3.26. The van der Waals surface area contributed by atoms with Gasteiger partial charge >= 0.3 is 0 Å². The molecule has 1 aliphatic heterocycles. The molecular formula is C12H14F2N2. The van der Waals surface area contributed by atoms with Crippen molar-refractivity contribution in [2.45, 2.75) is 12.8 Å². The van der Waals surface area contributed by atoms with Crippen molar-refractivity contribution in [1.82, 2.24) is 0 Å². The molecule has 3 rings (SSSR count). The third kappa shape index (κ3) is 1.62. The molecule has 1 fully saturated rings. The second-order valence-electron chi connectivity index (χ2n) is 4.57. The highest BCUT2D eigenvalue weighted by atomic mass is 19.2. The fourth-order valence-corrected chi connectivity index (χ4v) is 2.22. The normalized spacial score (nSPS) is 19.2. The molecule has 1 aromatic carbocycles. The Morgan fingerprint density at radius 3 is 2.88 bits per heavy atom. The molecule has 0 saturated heterocycles. The smallest absolute Gasteiger partial charge is 0.184 e. The van der Waals surface area contributed by atoms with Crippen molar-refractivity contribution in [1.29, 1.82) is 0 Å². The number of hydrogen-bond acceptors (Lipinski definition) is 2. The van der Waals surface area contributed by atoms with Crippen molar-refractivity contribution in [3.8, 4) is 0 Å². The minimum Gasteiger partial charge on any atom is -0.382 e. The number of hydrogen-bond donors (Lipinski definition) is 1. The van der Waals surface area contributed by atoms with Gasteiger partial charge in [0, 0.05) is 19.6 Å². The first-order chi connectivity index (χ1) is 7.75. The van der Waals surface area contributed by atoms with Crippen molar-refractivity contribution in [3.05, 3.63) is 23.8 Å². The van der Waals surface area contributed by atoms with Crippen molar-refractivity contribution < 1.29 is 8.78 Å². The Bertz CT molecular complexity index is 416. The van der Waals surface area contributed by atoms with E-state index in [1.165, 1.54) is 18.9 Å². The molecule has 86 valence electrons. The summed E-state index contributed by atoms with van der Waals surface area (Å²) in [5.41, 5.74) is 1.13. The molecule has 0 atom stereocenters. The SMILES string of the molecule is Fc1ccc2c(c1F)N(CC1CC1)CCN2. The average Bonchev–Trinajstić information content (AvgIpc) is 3.08. The van der Waals surface area contributed by atoms with Gasteiger partial charge in [0.15, 0.2) is 11.6 Å². The molecule has 0 radical (unpaired) electrons. The highest BCUT2D eigenvalue weighted by Crippen LogP contribution is 2.37. The fraction of sp³-hybridized carbons (Fsp3) is 0.500. The largest absolute Gasteiger partial charge is 0.382 e. The van der Waals surface area contributed by atoms with E-state index in [9.17, 15) is 8.78 Å². The maximum absolute atomic E-state index is 13.7. The molecule has 1 aromatic rings. The van der Waals surface area contributed by atoms with Gasteiger partial charge in [0.1, 0.15) is 0 Å². The zero-order chi connectivity index (χ0) is 11.1. The van der Waals surface area contributed by atoms with Gasteiger partial charge < -0.3 is 10.2 Å².